The molecule has 0 unspecified atom stereocenters. The van der Waals surface area contributed by atoms with Gasteiger partial charge in [-0.1, -0.05) is 23.5 Å². The summed E-state index contributed by atoms with van der Waals surface area (Å²) in [7, 11) is 0. The first-order valence-corrected chi connectivity index (χ1v) is 9.98. The van der Waals surface area contributed by atoms with Crippen LogP contribution >= 0.6 is 23.5 Å². The molecule has 0 atom stereocenters. The number of carbonyl (C=O) groups excluding carboxylic acids is 2. The zero-order valence-corrected chi connectivity index (χ0v) is 15.7. The van der Waals surface area contributed by atoms with Crippen LogP contribution in [0.2, 0.25) is 0 Å². The average molecular weight is 394 g/mol. The number of rotatable bonds is 7. The summed E-state index contributed by atoms with van der Waals surface area (Å²) >= 11 is 2.84. The molecule has 0 spiro atoms. The molecule has 9 nitrogen and oxygen atoms in total. The predicted molar refractivity (Wildman–Crippen MR) is 99.2 cm³/mol. The van der Waals surface area contributed by atoms with Crippen LogP contribution in [-0.2, 0) is 17.9 Å². The number of aliphatic imine (C=N–C) groups is 1. The quantitative estimate of drug-likeness (QED) is 0.677. The molecule has 0 saturated carbocycles. The fourth-order valence-corrected chi connectivity index (χ4v) is 3.79. The van der Waals surface area contributed by atoms with Crippen LogP contribution in [0, 0.1) is 0 Å². The number of amidine groups is 1. The molecule has 3 rings (SSSR count). The van der Waals surface area contributed by atoms with E-state index in [9.17, 15) is 9.59 Å². The van der Waals surface area contributed by atoms with Crippen LogP contribution in [-0.4, -0.2) is 49.8 Å². The number of aromatic nitrogens is 3. The van der Waals surface area contributed by atoms with Gasteiger partial charge in [0.25, 0.3) is 5.91 Å². The van der Waals surface area contributed by atoms with E-state index in [0.29, 0.717) is 22.7 Å². The molecule has 0 radical (unpaired) electrons. The second kappa shape index (κ2) is 8.90. The van der Waals surface area contributed by atoms with Crippen molar-refractivity contribution in [2.45, 2.75) is 25.2 Å². The summed E-state index contributed by atoms with van der Waals surface area (Å²) in [6.07, 6.45) is 1.44. The smallest absolute Gasteiger partial charge is 0.287 e. The lowest BCUT2D eigenvalue weighted by Gasteiger charge is -2.08. The fraction of sp³-hybridized carbons (Fsp3) is 0.400. The number of amides is 2. The van der Waals surface area contributed by atoms with Crippen molar-refractivity contribution < 1.29 is 14.0 Å². The van der Waals surface area contributed by atoms with Crippen LogP contribution in [0.4, 0.5) is 0 Å². The third-order valence-corrected chi connectivity index (χ3v) is 5.28. The Morgan fingerprint density at radius 1 is 1.42 bits per heavy atom. The van der Waals surface area contributed by atoms with E-state index in [0.717, 1.165) is 12.3 Å². The first kappa shape index (κ1) is 18.5. The Bertz CT molecular complexity index is 802. The molecule has 2 aromatic rings. The van der Waals surface area contributed by atoms with Crippen LogP contribution in [0.25, 0.3) is 0 Å². The van der Waals surface area contributed by atoms with Crippen LogP contribution < -0.4 is 10.6 Å². The minimum Gasteiger partial charge on any atom is -0.459 e. The predicted octanol–water partition coefficient (Wildman–Crippen LogP) is 1.13. The van der Waals surface area contributed by atoms with Crippen molar-refractivity contribution in [2.24, 2.45) is 4.99 Å². The topological polar surface area (TPSA) is 114 Å². The number of furan rings is 1. The largest absolute Gasteiger partial charge is 0.459 e. The Balaban J connectivity index is 1.53. The van der Waals surface area contributed by atoms with E-state index in [1.807, 2.05) is 11.5 Å². The third kappa shape index (κ3) is 4.67. The van der Waals surface area contributed by atoms with Gasteiger partial charge < -0.3 is 19.6 Å². The Morgan fingerprint density at radius 2 is 2.31 bits per heavy atom. The van der Waals surface area contributed by atoms with Crippen molar-refractivity contribution in [1.82, 2.24) is 25.4 Å². The molecule has 2 amide bonds. The lowest BCUT2D eigenvalue weighted by molar-refractivity contribution is -0.117. The Labute approximate surface area is 158 Å². The number of carbonyl (C=O) groups is 2. The number of hydrogen-bond donors (Lipinski definition) is 2. The fourth-order valence-electron chi connectivity index (χ4n) is 2.22. The maximum Gasteiger partial charge on any atom is 0.287 e. The first-order chi connectivity index (χ1) is 12.7. The van der Waals surface area contributed by atoms with E-state index in [-0.39, 0.29) is 29.9 Å². The lowest BCUT2D eigenvalue weighted by Crippen LogP contribution is -2.29. The van der Waals surface area contributed by atoms with Gasteiger partial charge in [-0.15, -0.1) is 10.2 Å². The molecule has 2 aromatic heterocycles. The summed E-state index contributed by atoms with van der Waals surface area (Å²) in [6.45, 7) is 3.55. The van der Waals surface area contributed by atoms with Crippen LogP contribution in [0.3, 0.4) is 0 Å². The molecule has 0 saturated heterocycles. The first-order valence-electron chi connectivity index (χ1n) is 8.01. The van der Waals surface area contributed by atoms with E-state index in [1.165, 1.54) is 29.8 Å². The van der Waals surface area contributed by atoms with Gasteiger partial charge in [0.05, 0.1) is 25.1 Å². The summed E-state index contributed by atoms with van der Waals surface area (Å²) < 4.78 is 6.91. The molecular weight excluding hydrogens is 376 g/mol. The van der Waals surface area contributed by atoms with Gasteiger partial charge >= 0.3 is 0 Å². The number of hydrogen-bond acceptors (Lipinski definition) is 8. The number of nitrogens with zero attached hydrogens (tertiary/aromatic N) is 4. The Hall–Kier alpha value is -2.27. The van der Waals surface area contributed by atoms with E-state index >= 15 is 0 Å². The van der Waals surface area contributed by atoms with Gasteiger partial charge in [0.1, 0.15) is 0 Å². The van der Waals surface area contributed by atoms with Gasteiger partial charge in [0.15, 0.2) is 21.9 Å². The summed E-state index contributed by atoms with van der Waals surface area (Å²) in [5.74, 6) is 1.54. The summed E-state index contributed by atoms with van der Waals surface area (Å²) in [5.41, 5.74) is 0. The second-order valence-electron chi connectivity index (χ2n) is 5.18. The molecule has 0 aromatic carbocycles. The lowest BCUT2D eigenvalue weighted by atomic mass is 10.4. The Morgan fingerprint density at radius 3 is 3.00 bits per heavy atom. The van der Waals surface area contributed by atoms with Gasteiger partial charge in [0, 0.05) is 12.3 Å². The normalized spacial score (nSPS) is 13.5. The average Bonchev–Trinajstić information content (AvgIpc) is 3.38. The van der Waals surface area contributed by atoms with Gasteiger partial charge in [-0.2, -0.15) is 0 Å². The molecule has 0 fully saturated rings. The number of thioether (sulfide) groups is 2. The highest BCUT2D eigenvalue weighted by atomic mass is 32.2. The van der Waals surface area contributed by atoms with Crippen LogP contribution in [0.15, 0.2) is 33.0 Å². The van der Waals surface area contributed by atoms with Crippen LogP contribution in [0.1, 0.15) is 23.3 Å². The highest BCUT2D eigenvalue weighted by Crippen LogP contribution is 2.17. The van der Waals surface area contributed by atoms with Gasteiger partial charge in [0.2, 0.25) is 5.91 Å². The van der Waals surface area contributed by atoms with Crippen molar-refractivity contribution >= 4 is 40.5 Å². The molecule has 0 aliphatic carbocycles. The zero-order valence-electron chi connectivity index (χ0n) is 14.1. The van der Waals surface area contributed by atoms with E-state index in [1.54, 1.807) is 12.1 Å². The van der Waals surface area contributed by atoms with E-state index in [2.05, 4.69) is 25.8 Å². The van der Waals surface area contributed by atoms with Gasteiger partial charge in [-0.05, 0) is 19.1 Å². The maximum absolute atomic E-state index is 12.0. The molecular formula is C15H18N6O3S2. The summed E-state index contributed by atoms with van der Waals surface area (Å²) in [4.78, 5) is 28.1. The standard InChI is InChI=1S/C15H18N6O3S2/c1-2-21-11(8-17-13(23)10-4-3-6-24-10)19-20-15(21)26-9-12(22)18-14-16-5-7-25-14/h3-4,6H,2,5,7-9H2,1H3,(H,17,23)(H,16,18,22). The van der Waals surface area contributed by atoms with E-state index in [4.69, 9.17) is 4.42 Å². The van der Waals surface area contributed by atoms with Crippen molar-refractivity contribution in [3.8, 4) is 0 Å². The molecule has 1 aliphatic rings. The molecule has 0 bridgehead atoms. The summed E-state index contributed by atoms with van der Waals surface area (Å²) in [6, 6.07) is 3.24. The molecule has 1 aliphatic heterocycles. The molecule has 26 heavy (non-hydrogen) atoms. The van der Waals surface area contributed by atoms with E-state index < -0.39 is 0 Å². The van der Waals surface area contributed by atoms with Gasteiger partial charge in [-0.3, -0.25) is 14.6 Å². The molecule has 2 N–H and O–H groups in total. The highest BCUT2D eigenvalue weighted by Gasteiger charge is 2.16. The minimum atomic E-state index is -0.316. The molecule has 138 valence electrons. The monoisotopic (exact) mass is 394 g/mol. The Kier molecular flexibility index (Phi) is 6.34. The highest BCUT2D eigenvalue weighted by molar-refractivity contribution is 8.14. The van der Waals surface area contributed by atoms with Crippen molar-refractivity contribution in [3.63, 3.8) is 0 Å². The molecule has 11 heteroatoms. The molecule has 3 heterocycles. The van der Waals surface area contributed by atoms with Gasteiger partial charge in [-0.25, -0.2) is 0 Å². The zero-order chi connectivity index (χ0) is 18.4. The maximum atomic E-state index is 12.0. The van der Waals surface area contributed by atoms with Crippen molar-refractivity contribution in [1.29, 1.82) is 0 Å². The SMILES string of the molecule is CCn1c(CNC(=O)c2ccco2)nnc1SCC(=O)NC1=NCCS1. The van der Waals surface area contributed by atoms with Crippen molar-refractivity contribution in [3.05, 3.63) is 30.0 Å². The minimum absolute atomic E-state index is 0.124. The number of nitrogens with one attached hydrogen (secondary N) is 2. The third-order valence-electron chi connectivity index (χ3n) is 3.43. The second-order valence-corrected chi connectivity index (χ2v) is 7.20. The van der Waals surface area contributed by atoms with Crippen molar-refractivity contribution in [2.75, 3.05) is 18.1 Å². The summed E-state index contributed by atoms with van der Waals surface area (Å²) in [5, 5.41) is 15.0. The van der Waals surface area contributed by atoms with Crippen LogP contribution in [0.5, 0.6) is 0 Å².